The molecule has 0 atom stereocenters. The Bertz CT molecular complexity index is 597. The molecule has 100 valence electrons. The topological polar surface area (TPSA) is 47.6 Å². The van der Waals surface area contributed by atoms with Crippen LogP contribution in [0.4, 0.5) is 5.69 Å². The molecular formula is C13H12INO3S. The Balaban J connectivity index is 2.24. The van der Waals surface area contributed by atoms with Gasteiger partial charge in [0.1, 0.15) is 11.5 Å². The molecule has 1 amide bonds. The minimum atomic E-state index is -0.161. The van der Waals surface area contributed by atoms with Crippen LogP contribution in [0.15, 0.2) is 29.6 Å². The van der Waals surface area contributed by atoms with Gasteiger partial charge < -0.3 is 14.8 Å². The number of halogens is 1. The van der Waals surface area contributed by atoms with Crippen molar-refractivity contribution in [2.75, 3.05) is 19.5 Å². The van der Waals surface area contributed by atoms with Crippen molar-refractivity contribution in [1.29, 1.82) is 0 Å². The quantitative estimate of drug-likeness (QED) is 0.813. The zero-order chi connectivity index (χ0) is 13.8. The van der Waals surface area contributed by atoms with E-state index in [1.807, 2.05) is 11.4 Å². The second-order valence-electron chi connectivity index (χ2n) is 3.66. The van der Waals surface area contributed by atoms with Crippen molar-refractivity contribution in [3.63, 3.8) is 0 Å². The molecule has 1 aromatic carbocycles. The molecule has 2 rings (SSSR count). The predicted octanol–water partition coefficient (Wildman–Crippen LogP) is 3.62. The van der Waals surface area contributed by atoms with E-state index in [2.05, 4.69) is 27.9 Å². The Kier molecular flexibility index (Phi) is 4.65. The minimum Gasteiger partial charge on any atom is -0.497 e. The molecule has 0 aliphatic heterocycles. The number of ether oxygens (including phenoxy) is 2. The summed E-state index contributed by atoms with van der Waals surface area (Å²) in [6.45, 7) is 0. The Morgan fingerprint density at radius 2 is 2.05 bits per heavy atom. The van der Waals surface area contributed by atoms with Crippen LogP contribution in [0, 0.1) is 2.88 Å². The highest BCUT2D eigenvalue weighted by Crippen LogP contribution is 2.29. The van der Waals surface area contributed by atoms with Crippen molar-refractivity contribution in [3.05, 3.63) is 38.1 Å². The van der Waals surface area contributed by atoms with Crippen molar-refractivity contribution >= 4 is 45.5 Å². The molecule has 0 aliphatic carbocycles. The molecule has 19 heavy (non-hydrogen) atoms. The molecule has 4 nitrogen and oxygen atoms in total. The molecule has 0 fully saturated rings. The van der Waals surface area contributed by atoms with Crippen LogP contribution in [0.5, 0.6) is 11.5 Å². The van der Waals surface area contributed by atoms with E-state index < -0.39 is 0 Å². The van der Waals surface area contributed by atoms with Crippen LogP contribution < -0.4 is 14.8 Å². The van der Waals surface area contributed by atoms with Crippen LogP contribution in [0.3, 0.4) is 0 Å². The van der Waals surface area contributed by atoms with Gasteiger partial charge in [0.15, 0.2) is 0 Å². The van der Waals surface area contributed by atoms with Crippen LogP contribution in [0.25, 0.3) is 0 Å². The number of methoxy groups -OCH3 is 2. The van der Waals surface area contributed by atoms with Gasteiger partial charge in [-0.3, -0.25) is 4.79 Å². The maximum absolute atomic E-state index is 12.1. The van der Waals surface area contributed by atoms with E-state index in [0.29, 0.717) is 22.7 Å². The molecule has 0 radical (unpaired) electrons. The lowest BCUT2D eigenvalue weighted by Gasteiger charge is -2.11. The Labute approximate surface area is 128 Å². The minimum absolute atomic E-state index is 0.161. The molecule has 1 aromatic heterocycles. The third-order valence-corrected chi connectivity index (χ3v) is 4.27. The first-order valence-electron chi connectivity index (χ1n) is 5.41. The van der Waals surface area contributed by atoms with Crippen molar-refractivity contribution in [3.8, 4) is 11.5 Å². The van der Waals surface area contributed by atoms with Crippen LogP contribution in [0.1, 0.15) is 10.4 Å². The smallest absolute Gasteiger partial charge is 0.256 e. The van der Waals surface area contributed by atoms with E-state index in [1.54, 1.807) is 32.4 Å². The van der Waals surface area contributed by atoms with E-state index in [4.69, 9.17) is 9.47 Å². The summed E-state index contributed by atoms with van der Waals surface area (Å²) >= 11 is 3.72. The van der Waals surface area contributed by atoms with Crippen LogP contribution in [-0.4, -0.2) is 20.1 Å². The molecular weight excluding hydrogens is 377 g/mol. The molecule has 6 heteroatoms. The van der Waals surface area contributed by atoms with Gasteiger partial charge in [0.25, 0.3) is 5.91 Å². The number of benzene rings is 1. The van der Waals surface area contributed by atoms with Gasteiger partial charge in [-0.15, -0.1) is 11.3 Å². The van der Waals surface area contributed by atoms with E-state index in [-0.39, 0.29) is 5.91 Å². The first-order valence-corrected chi connectivity index (χ1v) is 7.37. The second kappa shape index (κ2) is 6.25. The third kappa shape index (κ3) is 3.38. The molecule has 2 aromatic rings. The predicted molar refractivity (Wildman–Crippen MR) is 84.5 cm³/mol. The summed E-state index contributed by atoms with van der Waals surface area (Å²) in [5.74, 6) is 1.10. The van der Waals surface area contributed by atoms with Crippen molar-refractivity contribution in [1.82, 2.24) is 0 Å². The Hall–Kier alpha value is -1.28. The van der Waals surface area contributed by atoms with Crippen molar-refractivity contribution in [2.45, 2.75) is 0 Å². The standard InChI is InChI=1S/C13H12INO3S/c1-17-9-3-4-11(18-2)10(6-9)15-13(16)8-5-12(14)19-7-8/h3-7H,1-2H3,(H,15,16). The number of hydrogen-bond acceptors (Lipinski definition) is 4. The Morgan fingerprint density at radius 3 is 2.63 bits per heavy atom. The summed E-state index contributed by atoms with van der Waals surface area (Å²) in [4.78, 5) is 12.1. The lowest BCUT2D eigenvalue weighted by atomic mass is 10.2. The monoisotopic (exact) mass is 389 g/mol. The van der Waals surface area contributed by atoms with Crippen molar-refractivity contribution in [2.24, 2.45) is 0 Å². The van der Waals surface area contributed by atoms with Crippen LogP contribution in [0.2, 0.25) is 0 Å². The largest absolute Gasteiger partial charge is 0.497 e. The van der Waals surface area contributed by atoms with Crippen LogP contribution in [-0.2, 0) is 0 Å². The second-order valence-corrected chi connectivity index (χ2v) is 6.47. The number of carbonyl (C=O) groups is 1. The lowest BCUT2D eigenvalue weighted by Crippen LogP contribution is -2.11. The maximum Gasteiger partial charge on any atom is 0.256 e. The summed E-state index contributed by atoms with van der Waals surface area (Å²) in [6.07, 6.45) is 0. The Morgan fingerprint density at radius 1 is 1.26 bits per heavy atom. The fourth-order valence-corrected chi connectivity index (χ4v) is 2.86. The summed E-state index contributed by atoms with van der Waals surface area (Å²) < 4.78 is 11.4. The first-order chi connectivity index (χ1) is 9.13. The normalized spacial score (nSPS) is 10.1. The number of hydrogen-bond donors (Lipinski definition) is 1. The number of thiophene rings is 1. The zero-order valence-corrected chi connectivity index (χ0v) is 13.4. The van der Waals surface area contributed by atoms with E-state index in [9.17, 15) is 4.79 Å². The molecule has 0 aliphatic rings. The lowest BCUT2D eigenvalue weighted by molar-refractivity contribution is 0.102. The highest BCUT2D eigenvalue weighted by molar-refractivity contribution is 14.1. The van der Waals surface area contributed by atoms with Gasteiger partial charge >= 0.3 is 0 Å². The van der Waals surface area contributed by atoms with Gasteiger partial charge in [0.2, 0.25) is 0 Å². The van der Waals surface area contributed by atoms with E-state index in [1.165, 1.54) is 11.3 Å². The van der Waals surface area contributed by atoms with Gasteiger partial charge in [-0.1, -0.05) is 0 Å². The van der Waals surface area contributed by atoms with Gasteiger partial charge in [-0.2, -0.15) is 0 Å². The number of rotatable bonds is 4. The highest BCUT2D eigenvalue weighted by atomic mass is 127. The molecule has 1 N–H and O–H groups in total. The third-order valence-electron chi connectivity index (χ3n) is 2.48. The van der Waals surface area contributed by atoms with Crippen LogP contribution >= 0.6 is 33.9 Å². The number of nitrogens with one attached hydrogen (secondary N) is 1. The average Bonchev–Trinajstić information content (AvgIpc) is 2.85. The van der Waals surface area contributed by atoms with Gasteiger partial charge in [0, 0.05) is 11.4 Å². The number of amides is 1. The molecule has 0 unspecified atom stereocenters. The molecule has 0 saturated carbocycles. The molecule has 0 spiro atoms. The van der Waals surface area contributed by atoms with Gasteiger partial charge in [-0.05, 0) is 40.8 Å². The highest BCUT2D eigenvalue weighted by Gasteiger charge is 2.12. The number of carbonyl (C=O) groups excluding carboxylic acids is 1. The van der Waals surface area contributed by atoms with E-state index in [0.717, 1.165) is 2.88 Å². The molecule has 0 bridgehead atoms. The summed E-state index contributed by atoms with van der Waals surface area (Å²) in [6, 6.07) is 7.11. The molecule has 0 saturated heterocycles. The first kappa shape index (κ1) is 14.1. The fraction of sp³-hybridized carbons (Fsp3) is 0.154. The fourth-order valence-electron chi connectivity index (χ4n) is 1.54. The van der Waals surface area contributed by atoms with Gasteiger partial charge in [0.05, 0.1) is 28.4 Å². The summed E-state index contributed by atoms with van der Waals surface area (Å²) in [5, 5.41) is 4.65. The SMILES string of the molecule is COc1ccc(OC)c(NC(=O)c2csc(I)c2)c1. The maximum atomic E-state index is 12.1. The van der Waals surface area contributed by atoms with Crippen molar-refractivity contribution < 1.29 is 14.3 Å². The molecule has 1 heterocycles. The number of anilines is 1. The zero-order valence-electron chi connectivity index (χ0n) is 10.4. The average molecular weight is 389 g/mol. The summed E-state index contributed by atoms with van der Waals surface area (Å²) in [5.41, 5.74) is 1.23. The van der Waals surface area contributed by atoms with Gasteiger partial charge in [-0.25, -0.2) is 0 Å². The van der Waals surface area contributed by atoms with E-state index >= 15 is 0 Å². The summed E-state index contributed by atoms with van der Waals surface area (Å²) in [7, 11) is 3.14.